The van der Waals surface area contributed by atoms with Crippen LogP contribution in [0.15, 0.2) is 0 Å². The molecular weight excluding hydrogens is 502 g/mol. The number of phosphoric acid groups is 1. The van der Waals surface area contributed by atoms with Crippen LogP contribution < -0.4 is 4.89 Å². The van der Waals surface area contributed by atoms with Gasteiger partial charge in [-0.15, -0.1) is 0 Å². The van der Waals surface area contributed by atoms with Crippen LogP contribution >= 0.6 is 7.82 Å². The minimum absolute atomic E-state index is 0.0185. The first-order valence-corrected chi connectivity index (χ1v) is 21.7. The third-order valence-corrected chi connectivity index (χ3v) is 9.70. The molecule has 1 unspecified atom stereocenters. The zero-order valence-electron chi connectivity index (χ0n) is 22.2. The molecule has 0 N–H and O–H groups in total. The van der Waals surface area contributed by atoms with Gasteiger partial charge in [-0.2, -0.15) is 0 Å². The molecule has 0 spiro atoms. The van der Waals surface area contributed by atoms with Crippen LogP contribution in [0.3, 0.4) is 0 Å². The molecule has 0 aliphatic heterocycles. The van der Waals surface area contributed by atoms with Gasteiger partial charge in [0.25, 0.3) is 0 Å². The van der Waals surface area contributed by atoms with Gasteiger partial charge in [0.05, 0.1) is 0 Å². The van der Waals surface area contributed by atoms with Crippen molar-refractivity contribution in [3.05, 3.63) is 0 Å². The molecule has 0 aliphatic rings. The third-order valence-electron chi connectivity index (χ3n) is 5.50. The van der Waals surface area contributed by atoms with Crippen LogP contribution in [0.1, 0.15) is 96.8 Å². The van der Waals surface area contributed by atoms with E-state index in [2.05, 4.69) is 24.1 Å². The summed E-state index contributed by atoms with van der Waals surface area (Å²) in [6.07, 6.45) is 19.0. The minimum atomic E-state index is -4.21. The first-order chi connectivity index (χ1) is 15.8. The van der Waals surface area contributed by atoms with Crippen LogP contribution in [0, 0.1) is 0 Å². The molecule has 0 aromatic carbocycles. The summed E-state index contributed by atoms with van der Waals surface area (Å²) in [5, 5.41) is 0.820. The van der Waals surface area contributed by atoms with Crippen LogP contribution in [-0.4, -0.2) is 53.2 Å². The molecule has 0 rings (SSSR count). The molecule has 0 aromatic heterocycles. The van der Waals surface area contributed by atoms with Gasteiger partial charge in [0.2, 0.25) is 0 Å². The molecule has 1 atom stereocenters. The Hall–Kier alpha value is 0.588. The van der Waals surface area contributed by atoms with E-state index in [4.69, 9.17) is 18.5 Å². The van der Waals surface area contributed by atoms with Crippen molar-refractivity contribution < 1.29 is 28.0 Å². The summed E-state index contributed by atoms with van der Waals surface area (Å²) in [6, 6.07) is 0. The average molecular weight is 557 g/mol. The standard InChI is InChI=1S/C25H54AsO6P/c1-5-6-7-8-9-10-11-12-13-14-15-16-17-18-20-29-22-23-30-24-25-32-33(27,28)31-21-19-26(2,3)4/h5-25H2,1-4H3. The second-order valence-corrected chi connectivity index (χ2v) is 21.9. The molecule has 0 amide bonds. The second-order valence-electron chi connectivity index (χ2n) is 9.95. The van der Waals surface area contributed by atoms with E-state index in [-0.39, 0.29) is 19.8 Å². The molecule has 0 saturated heterocycles. The van der Waals surface area contributed by atoms with E-state index in [9.17, 15) is 9.46 Å². The van der Waals surface area contributed by atoms with Crippen molar-refractivity contribution in [1.29, 1.82) is 0 Å². The zero-order chi connectivity index (χ0) is 24.7. The van der Waals surface area contributed by atoms with Crippen molar-refractivity contribution in [2.45, 2.75) is 119 Å². The predicted octanol–water partition coefficient (Wildman–Crippen LogP) is 7.34. The Morgan fingerprint density at radius 2 is 0.970 bits per heavy atom. The Morgan fingerprint density at radius 1 is 0.576 bits per heavy atom. The van der Waals surface area contributed by atoms with Gasteiger partial charge in [-0.1, -0.05) is 90.4 Å². The summed E-state index contributed by atoms with van der Waals surface area (Å²) in [7, 11) is -4.21. The second kappa shape index (κ2) is 23.0. The normalized spacial score (nSPS) is 14.0. The van der Waals surface area contributed by atoms with Gasteiger partial charge in [-0.05, 0) is 6.42 Å². The van der Waals surface area contributed by atoms with Crippen molar-refractivity contribution in [2.75, 3.05) is 39.6 Å². The Bertz CT molecular complexity index is 459. The van der Waals surface area contributed by atoms with Crippen molar-refractivity contribution in [2.24, 2.45) is 0 Å². The third kappa shape index (κ3) is 28.7. The molecule has 0 saturated carbocycles. The van der Waals surface area contributed by atoms with Crippen LogP contribution in [0.5, 0.6) is 0 Å². The van der Waals surface area contributed by atoms with Gasteiger partial charge in [0, 0.05) is 0 Å². The Morgan fingerprint density at radius 3 is 1.45 bits per heavy atom. The first kappa shape index (κ1) is 33.6. The van der Waals surface area contributed by atoms with Crippen molar-refractivity contribution >= 4 is 21.4 Å². The van der Waals surface area contributed by atoms with Gasteiger partial charge in [0.15, 0.2) is 0 Å². The zero-order valence-corrected chi connectivity index (χ0v) is 25.0. The van der Waals surface area contributed by atoms with Crippen LogP contribution in [0.25, 0.3) is 0 Å². The topological polar surface area (TPSA) is 77.1 Å². The first-order valence-electron chi connectivity index (χ1n) is 13.3. The van der Waals surface area contributed by atoms with E-state index in [1.54, 1.807) is 0 Å². The molecule has 33 heavy (non-hydrogen) atoms. The van der Waals surface area contributed by atoms with E-state index in [1.807, 2.05) is 0 Å². The van der Waals surface area contributed by atoms with Gasteiger partial charge >= 0.3 is 111 Å². The molecule has 0 aliphatic carbocycles. The molecule has 6 nitrogen and oxygen atoms in total. The van der Waals surface area contributed by atoms with E-state index < -0.39 is 21.4 Å². The summed E-state index contributed by atoms with van der Waals surface area (Å²) >= 11 is -1.64. The van der Waals surface area contributed by atoms with Crippen molar-refractivity contribution in [1.82, 2.24) is 0 Å². The number of hydrogen-bond acceptors (Lipinski definition) is 6. The quantitative estimate of drug-likeness (QED) is 0.0630. The molecule has 0 aromatic rings. The number of unbranched alkanes of at least 4 members (excludes halogenated alkanes) is 13. The van der Waals surface area contributed by atoms with Gasteiger partial charge < -0.3 is 0 Å². The van der Waals surface area contributed by atoms with Gasteiger partial charge in [-0.3, -0.25) is 0 Å². The monoisotopic (exact) mass is 556 g/mol. The fourth-order valence-electron chi connectivity index (χ4n) is 3.39. The summed E-state index contributed by atoms with van der Waals surface area (Å²) in [6.45, 7) is 4.42. The molecule has 0 heterocycles. The average Bonchev–Trinajstić information content (AvgIpc) is 2.73. The molecular formula is C25H54AsO6P. The molecule has 200 valence electrons. The van der Waals surface area contributed by atoms with E-state index in [0.717, 1.165) is 18.2 Å². The number of hydrogen-bond donors (Lipinski definition) is 0. The maximum atomic E-state index is 11.6. The number of rotatable bonds is 26. The molecule has 0 radical (unpaired) electrons. The SMILES string of the molecule is CCCCCCCCCCCCCCCCOCCOCCOP(=O)([O-])OCC[As+](C)(C)C. The summed E-state index contributed by atoms with van der Waals surface area (Å²) in [4.78, 5) is 11.6. The van der Waals surface area contributed by atoms with E-state index in [1.165, 1.54) is 83.5 Å². The van der Waals surface area contributed by atoms with Crippen molar-refractivity contribution in [3.63, 3.8) is 0 Å². The Balaban J connectivity index is 3.23. The van der Waals surface area contributed by atoms with Crippen LogP contribution in [0.2, 0.25) is 22.3 Å². The summed E-state index contributed by atoms with van der Waals surface area (Å²) in [5.74, 6) is 0. The van der Waals surface area contributed by atoms with Crippen molar-refractivity contribution in [3.8, 4) is 0 Å². The number of ether oxygens (including phenoxy) is 2. The Labute approximate surface area is 207 Å². The summed E-state index contributed by atoms with van der Waals surface area (Å²) < 4.78 is 32.3. The molecule has 0 bridgehead atoms. The van der Waals surface area contributed by atoms with E-state index in [0.29, 0.717) is 13.2 Å². The fraction of sp³-hybridized carbons (Fsp3) is 1.00. The van der Waals surface area contributed by atoms with E-state index >= 15 is 0 Å². The summed E-state index contributed by atoms with van der Waals surface area (Å²) in [5.41, 5.74) is 6.61. The fourth-order valence-corrected chi connectivity index (χ4v) is 5.73. The van der Waals surface area contributed by atoms with Gasteiger partial charge in [-0.25, -0.2) is 0 Å². The molecule has 8 heteroatoms. The molecule has 0 fully saturated rings. The maximum absolute atomic E-state index is 11.6. The Kier molecular flexibility index (Phi) is 23.4. The van der Waals surface area contributed by atoms with Gasteiger partial charge in [0.1, 0.15) is 0 Å². The van der Waals surface area contributed by atoms with Crippen LogP contribution in [0.4, 0.5) is 0 Å². The van der Waals surface area contributed by atoms with Crippen LogP contribution in [-0.2, 0) is 23.1 Å². The predicted molar refractivity (Wildman–Crippen MR) is 140 cm³/mol. The number of phosphoric ester groups is 1.